The molecule has 2 rings (SSSR count). The zero-order valence-electron chi connectivity index (χ0n) is 9.86. The van der Waals surface area contributed by atoms with Crippen molar-refractivity contribution in [2.24, 2.45) is 5.73 Å². The van der Waals surface area contributed by atoms with E-state index < -0.39 is 0 Å². The Balaban J connectivity index is 2.29. The minimum absolute atomic E-state index is 0.246. The summed E-state index contributed by atoms with van der Waals surface area (Å²) in [7, 11) is 0. The quantitative estimate of drug-likeness (QED) is 0.939. The van der Waals surface area contributed by atoms with Gasteiger partial charge in [0, 0.05) is 10.0 Å². The van der Waals surface area contributed by atoms with Crippen molar-refractivity contribution in [1.29, 1.82) is 0 Å². The Morgan fingerprint density at radius 2 is 2.22 bits per heavy atom. The van der Waals surface area contributed by atoms with Crippen molar-refractivity contribution < 1.29 is 8.91 Å². The first-order chi connectivity index (χ1) is 8.60. The Labute approximate surface area is 113 Å². The lowest BCUT2D eigenvalue weighted by Gasteiger charge is -2.02. The number of hydrogen-bond donors (Lipinski definition) is 1. The predicted octanol–water partition coefficient (Wildman–Crippen LogP) is 3.44. The van der Waals surface area contributed by atoms with Gasteiger partial charge in [-0.15, -0.1) is 0 Å². The van der Waals surface area contributed by atoms with Gasteiger partial charge in [-0.2, -0.15) is 4.98 Å². The van der Waals surface area contributed by atoms with Gasteiger partial charge >= 0.3 is 0 Å². The lowest BCUT2D eigenvalue weighted by atomic mass is 10.2. The van der Waals surface area contributed by atoms with E-state index in [1.54, 1.807) is 6.07 Å². The third-order valence-electron chi connectivity index (χ3n) is 2.48. The third kappa shape index (κ3) is 2.94. The van der Waals surface area contributed by atoms with Crippen molar-refractivity contribution in [2.75, 3.05) is 0 Å². The number of rotatable bonds is 4. The lowest BCUT2D eigenvalue weighted by Crippen LogP contribution is -2.11. The van der Waals surface area contributed by atoms with Crippen LogP contribution in [-0.4, -0.2) is 10.1 Å². The summed E-state index contributed by atoms with van der Waals surface area (Å²) >= 11 is 3.22. The topological polar surface area (TPSA) is 64.9 Å². The van der Waals surface area contributed by atoms with Crippen LogP contribution in [0.2, 0.25) is 0 Å². The maximum Gasteiger partial charge on any atom is 0.258 e. The van der Waals surface area contributed by atoms with E-state index in [0.29, 0.717) is 15.9 Å². The minimum Gasteiger partial charge on any atom is -0.334 e. The Morgan fingerprint density at radius 3 is 2.89 bits per heavy atom. The second-order valence-electron chi connectivity index (χ2n) is 4.01. The van der Waals surface area contributed by atoms with Gasteiger partial charge in [-0.1, -0.05) is 34.4 Å². The van der Waals surface area contributed by atoms with Gasteiger partial charge in [0.2, 0.25) is 0 Å². The molecule has 0 bridgehead atoms. The molecule has 2 aromatic rings. The Morgan fingerprint density at radius 1 is 1.44 bits per heavy atom. The van der Waals surface area contributed by atoms with Crippen LogP contribution in [0.4, 0.5) is 4.39 Å². The molecule has 0 spiro atoms. The highest BCUT2D eigenvalue weighted by Crippen LogP contribution is 2.24. The van der Waals surface area contributed by atoms with E-state index >= 15 is 0 Å². The molecule has 0 saturated heterocycles. The fourth-order valence-corrected chi connectivity index (χ4v) is 2.09. The summed E-state index contributed by atoms with van der Waals surface area (Å²) in [6, 6.07) is 4.17. The fourth-order valence-electron chi connectivity index (χ4n) is 1.62. The van der Waals surface area contributed by atoms with Crippen LogP contribution in [0, 0.1) is 5.82 Å². The molecule has 18 heavy (non-hydrogen) atoms. The van der Waals surface area contributed by atoms with Gasteiger partial charge in [-0.3, -0.25) is 0 Å². The molecule has 0 fully saturated rings. The van der Waals surface area contributed by atoms with Gasteiger partial charge in [-0.05, 0) is 24.6 Å². The second-order valence-corrected chi connectivity index (χ2v) is 4.93. The molecule has 96 valence electrons. The van der Waals surface area contributed by atoms with E-state index in [2.05, 4.69) is 26.1 Å². The standard InChI is InChI=1S/C12H13BrFN3O/c1-2-3-10(15)11-16-12(18-17-11)7-4-8(13)6-9(14)5-7/h4-6,10H,2-3,15H2,1H3. The molecule has 6 heteroatoms. The summed E-state index contributed by atoms with van der Waals surface area (Å²) < 4.78 is 19.0. The van der Waals surface area contributed by atoms with Crippen molar-refractivity contribution in [2.45, 2.75) is 25.8 Å². The van der Waals surface area contributed by atoms with E-state index in [1.165, 1.54) is 12.1 Å². The molecule has 0 aliphatic carbocycles. The largest absolute Gasteiger partial charge is 0.334 e. The van der Waals surface area contributed by atoms with Crippen molar-refractivity contribution in [3.63, 3.8) is 0 Å². The van der Waals surface area contributed by atoms with Gasteiger partial charge in [0.15, 0.2) is 5.82 Å². The van der Waals surface area contributed by atoms with Crippen molar-refractivity contribution in [3.05, 3.63) is 34.3 Å². The Hall–Kier alpha value is -1.27. The monoisotopic (exact) mass is 313 g/mol. The lowest BCUT2D eigenvalue weighted by molar-refractivity contribution is 0.413. The maximum absolute atomic E-state index is 13.3. The molecule has 4 nitrogen and oxygen atoms in total. The molecule has 1 heterocycles. The molecule has 1 aromatic carbocycles. The van der Waals surface area contributed by atoms with Gasteiger partial charge in [0.1, 0.15) is 5.82 Å². The molecule has 0 radical (unpaired) electrons. The van der Waals surface area contributed by atoms with E-state index in [0.717, 1.165) is 12.8 Å². The van der Waals surface area contributed by atoms with Gasteiger partial charge in [0.05, 0.1) is 6.04 Å². The first-order valence-electron chi connectivity index (χ1n) is 5.65. The van der Waals surface area contributed by atoms with Crippen LogP contribution in [0.3, 0.4) is 0 Å². The van der Waals surface area contributed by atoms with Gasteiger partial charge < -0.3 is 10.3 Å². The molecule has 1 aromatic heterocycles. The SMILES string of the molecule is CCCC(N)c1noc(-c2cc(F)cc(Br)c2)n1. The van der Waals surface area contributed by atoms with Crippen LogP contribution in [0.1, 0.15) is 31.6 Å². The summed E-state index contributed by atoms with van der Waals surface area (Å²) in [5.74, 6) is 0.362. The van der Waals surface area contributed by atoms with E-state index in [4.69, 9.17) is 10.3 Å². The first kappa shape index (κ1) is 13.2. The molecular formula is C12H13BrFN3O. The molecule has 0 aliphatic rings. The van der Waals surface area contributed by atoms with Crippen LogP contribution >= 0.6 is 15.9 Å². The second kappa shape index (κ2) is 5.58. The summed E-state index contributed by atoms with van der Waals surface area (Å²) in [6.07, 6.45) is 1.72. The number of halogens is 2. The number of aromatic nitrogens is 2. The third-order valence-corrected chi connectivity index (χ3v) is 2.94. The molecule has 0 amide bonds. The molecule has 0 saturated carbocycles. The molecule has 1 atom stereocenters. The van der Waals surface area contributed by atoms with E-state index in [9.17, 15) is 4.39 Å². The first-order valence-corrected chi connectivity index (χ1v) is 6.45. The highest BCUT2D eigenvalue weighted by Gasteiger charge is 2.15. The number of hydrogen-bond acceptors (Lipinski definition) is 4. The predicted molar refractivity (Wildman–Crippen MR) is 69.2 cm³/mol. The van der Waals surface area contributed by atoms with Crippen LogP contribution in [-0.2, 0) is 0 Å². The van der Waals surface area contributed by atoms with Crippen LogP contribution in [0.5, 0.6) is 0 Å². The summed E-state index contributed by atoms with van der Waals surface area (Å²) in [5, 5.41) is 3.82. The van der Waals surface area contributed by atoms with E-state index in [1.807, 2.05) is 6.92 Å². The molecule has 1 unspecified atom stereocenters. The molecule has 0 aliphatic heterocycles. The van der Waals surface area contributed by atoms with Gasteiger partial charge in [-0.25, -0.2) is 4.39 Å². The van der Waals surface area contributed by atoms with Crippen molar-refractivity contribution >= 4 is 15.9 Å². The van der Waals surface area contributed by atoms with E-state index in [-0.39, 0.29) is 17.7 Å². The maximum atomic E-state index is 13.3. The smallest absolute Gasteiger partial charge is 0.258 e. The Kier molecular flexibility index (Phi) is 4.08. The molecule has 2 N–H and O–H groups in total. The van der Waals surface area contributed by atoms with Crippen molar-refractivity contribution in [1.82, 2.24) is 10.1 Å². The highest BCUT2D eigenvalue weighted by molar-refractivity contribution is 9.10. The van der Waals surface area contributed by atoms with Gasteiger partial charge in [0.25, 0.3) is 5.89 Å². The average Bonchev–Trinajstić information content (AvgIpc) is 2.77. The average molecular weight is 314 g/mol. The fraction of sp³-hybridized carbons (Fsp3) is 0.333. The van der Waals surface area contributed by atoms with Crippen LogP contribution in [0.25, 0.3) is 11.5 Å². The number of nitrogens with two attached hydrogens (primary N) is 1. The molecular weight excluding hydrogens is 301 g/mol. The summed E-state index contributed by atoms with van der Waals surface area (Å²) in [5.41, 5.74) is 6.42. The zero-order chi connectivity index (χ0) is 13.1. The van der Waals surface area contributed by atoms with Crippen LogP contribution in [0.15, 0.2) is 27.2 Å². The van der Waals surface area contributed by atoms with Crippen molar-refractivity contribution in [3.8, 4) is 11.5 Å². The summed E-state index contributed by atoms with van der Waals surface area (Å²) in [4.78, 5) is 4.19. The summed E-state index contributed by atoms with van der Waals surface area (Å²) in [6.45, 7) is 2.03. The zero-order valence-corrected chi connectivity index (χ0v) is 11.4. The minimum atomic E-state index is -0.364. The Bertz CT molecular complexity index is 524. The normalized spacial score (nSPS) is 12.7. The highest BCUT2D eigenvalue weighted by atomic mass is 79.9. The number of benzene rings is 1. The number of nitrogens with zero attached hydrogens (tertiary/aromatic N) is 2. The van der Waals surface area contributed by atoms with Crippen LogP contribution < -0.4 is 5.73 Å².